The number of hydrogen-bond acceptors (Lipinski definition) is 3. The van der Waals surface area contributed by atoms with Crippen LogP contribution in [0.3, 0.4) is 0 Å². The minimum Gasteiger partial charge on any atom is -0.276 e. The Kier molecular flexibility index (Phi) is 5.44. The standard InChI is InChI=1S/C25H19ClN2O3/c1-16-3-8-19(9-4-16)24-14-20(13-18-6-11-22(12-7-18)28(30)31)25(29)27(24)23-15-21(26)10-5-17(23)2/h3-15H,1-2H3/b20-13+. The van der Waals surface area contributed by atoms with Gasteiger partial charge in [-0.25, -0.2) is 0 Å². The number of rotatable bonds is 4. The fraction of sp³-hybridized carbons (Fsp3) is 0.0800. The number of nitro benzene ring substituents is 1. The van der Waals surface area contributed by atoms with Crippen LogP contribution in [0, 0.1) is 24.0 Å². The topological polar surface area (TPSA) is 63.5 Å². The van der Waals surface area contributed by atoms with E-state index in [2.05, 4.69) is 0 Å². The molecule has 4 rings (SSSR count). The number of non-ortho nitro benzene ring substituents is 1. The van der Waals surface area contributed by atoms with Crippen LogP contribution in [0.2, 0.25) is 5.02 Å². The number of carbonyl (C=O) groups is 1. The zero-order valence-electron chi connectivity index (χ0n) is 17.0. The lowest BCUT2D eigenvalue weighted by atomic mass is 10.1. The molecule has 0 bridgehead atoms. The summed E-state index contributed by atoms with van der Waals surface area (Å²) in [6, 6.07) is 19.5. The monoisotopic (exact) mass is 430 g/mol. The van der Waals surface area contributed by atoms with E-state index < -0.39 is 4.92 Å². The molecule has 0 spiro atoms. The third-order valence-corrected chi connectivity index (χ3v) is 5.40. The Morgan fingerprint density at radius 3 is 2.29 bits per heavy atom. The summed E-state index contributed by atoms with van der Waals surface area (Å²) in [6.07, 6.45) is 3.58. The van der Waals surface area contributed by atoms with E-state index >= 15 is 0 Å². The minimum atomic E-state index is -0.448. The number of halogens is 1. The van der Waals surface area contributed by atoms with Crippen molar-refractivity contribution < 1.29 is 9.72 Å². The van der Waals surface area contributed by atoms with E-state index in [0.717, 1.165) is 28.1 Å². The molecule has 0 aliphatic carbocycles. The van der Waals surface area contributed by atoms with Crippen molar-refractivity contribution >= 4 is 40.7 Å². The quantitative estimate of drug-likeness (QED) is 0.276. The zero-order valence-corrected chi connectivity index (χ0v) is 17.8. The van der Waals surface area contributed by atoms with Gasteiger partial charge in [0.15, 0.2) is 0 Å². The van der Waals surface area contributed by atoms with E-state index in [-0.39, 0.29) is 11.6 Å². The SMILES string of the molecule is Cc1ccc(C2=C/C(=C\c3ccc([N+](=O)[O-])cc3)C(=O)N2c2cc(Cl)ccc2C)cc1. The van der Waals surface area contributed by atoms with Crippen molar-refractivity contribution in [2.24, 2.45) is 0 Å². The Balaban J connectivity index is 1.82. The van der Waals surface area contributed by atoms with Gasteiger partial charge in [-0.3, -0.25) is 19.8 Å². The number of hydrogen-bond donors (Lipinski definition) is 0. The largest absolute Gasteiger partial charge is 0.276 e. The highest BCUT2D eigenvalue weighted by Crippen LogP contribution is 2.38. The molecule has 0 radical (unpaired) electrons. The van der Waals surface area contributed by atoms with Crippen LogP contribution in [-0.4, -0.2) is 10.8 Å². The maximum atomic E-state index is 13.5. The molecule has 3 aromatic carbocycles. The summed E-state index contributed by atoms with van der Waals surface area (Å²) in [5, 5.41) is 11.4. The van der Waals surface area contributed by atoms with Crippen molar-refractivity contribution in [1.82, 2.24) is 0 Å². The van der Waals surface area contributed by atoms with E-state index in [0.29, 0.717) is 16.2 Å². The first-order chi connectivity index (χ1) is 14.8. The first-order valence-electron chi connectivity index (χ1n) is 9.69. The van der Waals surface area contributed by atoms with Crippen LogP contribution in [0.15, 0.2) is 78.4 Å². The molecule has 6 heteroatoms. The summed E-state index contributed by atoms with van der Waals surface area (Å²) in [5.74, 6) is -0.181. The van der Waals surface area contributed by atoms with Crippen LogP contribution in [-0.2, 0) is 4.79 Å². The lowest BCUT2D eigenvalue weighted by Gasteiger charge is -2.23. The third kappa shape index (κ3) is 4.13. The maximum Gasteiger partial charge on any atom is 0.269 e. The average Bonchev–Trinajstić information content (AvgIpc) is 3.06. The second kappa shape index (κ2) is 8.20. The Bertz CT molecular complexity index is 1240. The van der Waals surface area contributed by atoms with Gasteiger partial charge in [0.2, 0.25) is 0 Å². The molecule has 1 aliphatic heterocycles. The van der Waals surface area contributed by atoms with Crippen LogP contribution < -0.4 is 4.90 Å². The van der Waals surface area contributed by atoms with E-state index in [1.165, 1.54) is 12.1 Å². The van der Waals surface area contributed by atoms with Gasteiger partial charge in [-0.2, -0.15) is 0 Å². The van der Waals surface area contributed by atoms with Crippen LogP contribution in [0.25, 0.3) is 11.8 Å². The molecule has 0 atom stereocenters. The normalized spacial score (nSPS) is 14.8. The first-order valence-corrected chi connectivity index (χ1v) is 10.1. The maximum absolute atomic E-state index is 13.5. The molecular formula is C25H19ClN2O3. The summed E-state index contributed by atoms with van der Waals surface area (Å²) in [7, 11) is 0. The molecular weight excluding hydrogens is 412 g/mol. The van der Waals surface area contributed by atoms with E-state index in [9.17, 15) is 14.9 Å². The Morgan fingerprint density at radius 1 is 0.968 bits per heavy atom. The highest BCUT2D eigenvalue weighted by atomic mass is 35.5. The summed E-state index contributed by atoms with van der Waals surface area (Å²) >= 11 is 6.24. The van der Waals surface area contributed by atoms with E-state index in [1.54, 1.807) is 35.2 Å². The van der Waals surface area contributed by atoms with Gasteiger partial charge >= 0.3 is 0 Å². The Hall–Kier alpha value is -3.70. The number of nitro groups is 1. The molecule has 0 fully saturated rings. The number of amides is 1. The lowest BCUT2D eigenvalue weighted by Crippen LogP contribution is -2.25. The highest BCUT2D eigenvalue weighted by molar-refractivity contribution is 6.31. The number of carbonyl (C=O) groups excluding carboxylic acids is 1. The molecule has 3 aromatic rings. The average molecular weight is 431 g/mol. The van der Waals surface area contributed by atoms with Crippen LogP contribution in [0.4, 0.5) is 11.4 Å². The van der Waals surface area contributed by atoms with Crippen LogP contribution in [0.5, 0.6) is 0 Å². The first kappa shape index (κ1) is 20.6. The molecule has 1 heterocycles. The van der Waals surface area contributed by atoms with Gasteiger partial charge in [0.25, 0.3) is 11.6 Å². The predicted molar refractivity (Wildman–Crippen MR) is 124 cm³/mol. The van der Waals surface area contributed by atoms with Crippen LogP contribution in [0.1, 0.15) is 22.3 Å². The Labute approximate surface area is 185 Å². The van der Waals surface area contributed by atoms with Gasteiger partial charge in [-0.05, 0) is 67.0 Å². The fourth-order valence-corrected chi connectivity index (χ4v) is 3.65. The van der Waals surface area contributed by atoms with Gasteiger partial charge in [-0.1, -0.05) is 47.5 Å². The van der Waals surface area contributed by atoms with E-state index in [1.807, 2.05) is 50.3 Å². The molecule has 0 aromatic heterocycles. The van der Waals surface area contributed by atoms with E-state index in [4.69, 9.17) is 11.6 Å². The minimum absolute atomic E-state index is 0.00645. The van der Waals surface area contributed by atoms with Gasteiger partial charge in [-0.15, -0.1) is 0 Å². The lowest BCUT2D eigenvalue weighted by molar-refractivity contribution is -0.384. The number of benzene rings is 3. The molecule has 0 saturated carbocycles. The van der Waals surface area contributed by atoms with Crippen molar-refractivity contribution in [1.29, 1.82) is 0 Å². The summed E-state index contributed by atoms with van der Waals surface area (Å²) in [5.41, 5.74) is 5.63. The smallest absolute Gasteiger partial charge is 0.269 e. The Morgan fingerprint density at radius 2 is 1.65 bits per heavy atom. The number of aryl methyl sites for hydroxylation is 2. The van der Waals surface area contributed by atoms with Gasteiger partial charge in [0.1, 0.15) is 0 Å². The molecule has 5 nitrogen and oxygen atoms in total. The summed E-state index contributed by atoms with van der Waals surface area (Å²) in [6.45, 7) is 3.94. The second-order valence-corrected chi connectivity index (χ2v) is 7.85. The van der Waals surface area contributed by atoms with Crippen molar-refractivity contribution in [2.45, 2.75) is 13.8 Å². The molecule has 1 aliphatic rings. The molecule has 31 heavy (non-hydrogen) atoms. The van der Waals surface area contributed by atoms with Crippen molar-refractivity contribution in [3.8, 4) is 0 Å². The van der Waals surface area contributed by atoms with Crippen molar-refractivity contribution in [3.63, 3.8) is 0 Å². The summed E-state index contributed by atoms with van der Waals surface area (Å²) in [4.78, 5) is 25.6. The van der Waals surface area contributed by atoms with Gasteiger partial charge in [0, 0.05) is 22.7 Å². The van der Waals surface area contributed by atoms with Gasteiger partial charge in [0.05, 0.1) is 16.3 Å². The molecule has 154 valence electrons. The summed E-state index contributed by atoms with van der Waals surface area (Å²) < 4.78 is 0. The number of anilines is 1. The molecule has 1 amide bonds. The second-order valence-electron chi connectivity index (χ2n) is 7.42. The van der Waals surface area contributed by atoms with Crippen molar-refractivity contribution in [2.75, 3.05) is 4.90 Å². The number of nitrogens with zero attached hydrogens (tertiary/aromatic N) is 2. The highest BCUT2D eigenvalue weighted by Gasteiger charge is 2.31. The third-order valence-electron chi connectivity index (χ3n) is 5.17. The predicted octanol–water partition coefficient (Wildman–Crippen LogP) is 6.34. The van der Waals surface area contributed by atoms with Crippen LogP contribution >= 0.6 is 11.6 Å². The molecule has 0 saturated heterocycles. The molecule has 0 N–H and O–H groups in total. The van der Waals surface area contributed by atoms with Crippen molar-refractivity contribution in [3.05, 3.63) is 116 Å². The van der Waals surface area contributed by atoms with Gasteiger partial charge < -0.3 is 0 Å². The fourth-order valence-electron chi connectivity index (χ4n) is 3.49. The zero-order chi connectivity index (χ0) is 22.1. The molecule has 0 unspecified atom stereocenters.